The Bertz CT molecular complexity index is 178. The third kappa shape index (κ3) is 3.66. The Balaban J connectivity index is 2.06. The molecule has 3 heteroatoms. The van der Waals surface area contributed by atoms with E-state index < -0.39 is 0 Å². The van der Waals surface area contributed by atoms with Crippen molar-refractivity contribution in [2.75, 3.05) is 13.1 Å². The fourth-order valence-corrected chi connectivity index (χ4v) is 1.87. The molecule has 1 fully saturated rings. The lowest BCUT2D eigenvalue weighted by Gasteiger charge is -2.16. The Morgan fingerprint density at radius 1 is 1.50 bits per heavy atom. The molecule has 1 unspecified atom stereocenters. The second kappa shape index (κ2) is 6.02. The third-order valence-electron chi connectivity index (χ3n) is 3.06. The average molecular weight is 198 g/mol. The lowest BCUT2D eigenvalue weighted by molar-refractivity contribution is -0.119. The zero-order chi connectivity index (χ0) is 10.4. The minimum Gasteiger partial charge on any atom is -0.352 e. The maximum absolute atomic E-state index is 10.9. The standard InChI is InChI=1S/C11H22N2O/c1-3-9(4-2)7-12-8-10-5-6-11(14)13-10/h9-10,12H,3-8H2,1-2H3,(H,13,14). The minimum absolute atomic E-state index is 0.208. The summed E-state index contributed by atoms with van der Waals surface area (Å²) in [7, 11) is 0. The maximum Gasteiger partial charge on any atom is 0.220 e. The van der Waals surface area contributed by atoms with Crippen molar-refractivity contribution in [3.63, 3.8) is 0 Å². The van der Waals surface area contributed by atoms with Crippen LogP contribution >= 0.6 is 0 Å². The largest absolute Gasteiger partial charge is 0.352 e. The summed E-state index contributed by atoms with van der Waals surface area (Å²) in [5, 5.41) is 6.40. The number of carbonyl (C=O) groups is 1. The summed E-state index contributed by atoms with van der Waals surface area (Å²) >= 11 is 0. The number of rotatable bonds is 6. The first-order chi connectivity index (χ1) is 6.76. The highest BCUT2D eigenvalue weighted by Gasteiger charge is 2.19. The van der Waals surface area contributed by atoms with E-state index in [9.17, 15) is 4.79 Å². The molecule has 1 aliphatic heterocycles. The summed E-state index contributed by atoms with van der Waals surface area (Å²) in [6.45, 7) is 6.47. The van der Waals surface area contributed by atoms with Gasteiger partial charge in [-0.3, -0.25) is 4.79 Å². The fraction of sp³-hybridized carbons (Fsp3) is 0.909. The van der Waals surface area contributed by atoms with E-state index in [-0.39, 0.29) is 5.91 Å². The highest BCUT2D eigenvalue weighted by Crippen LogP contribution is 2.07. The molecule has 0 aromatic heterocycles. The third-order valence-corrected chi connectivity index (χ3v) is 3.06. The normalized spacial score (nSPS) is 21.6. The lowest BCUT2D eigenvalue weighted by atomic mass is 10.0. The van der Waals surface area contributed by atoms with Gasteiger partial charge in [0.05, 0.1) is 0 Å². The Morgan fingerprint density at radius 2 is 2.21 bits per heavy atom. The van der Waals surface area contributed by atoms with Gasteiger partial charge in [-0.05, 0) is 18.9 Å². The average Bonchev–Trinajstić information content (AvgIpc) is 2.59. The van der Waals surface area contributed by atoms with E-state index in [4.69, 9.17) is 0 Å². The van der Waals surface area contributed by atoms with Crippen LogP contribution in [0.1, 0.15) is 39.5 Å². The first-order valence-corrected chi connectivity index (χ1v) is 5.76. The van der Waals surface area contributed by atoms with Gasteiger partial charge in [-0.1, -0.05) is 26.7 Å². The van der Waals surface area contributed by atoms with Crippen LogP contribution in [0.15, 0.2) is 0 Å². The molecule has 1 atom stereocenters. The van der Waals surface area contributed by atoms with Crippen molar-refractivity contribution in [3.8, 4) is 0 Å². The summed E-state index contributed by atoms with van der Waals surface area (Å²) < 4.78 is 0. The summed E-state index contributed by atoms with van der Waals surface area (Å²) in [6, 6.07) is 0.372. The van der Waals surface area contributed by atoms with Crippen LogP contribution in [0.3, 0.4) is 0 Å². The van der Waals surface area contributed by atoms with Crippen LogP contribution in [0.25, 0.3) is 0 Å². The zero-order valence-electron chi connectivity index (χ0n) is 9.31. The van der Waals surface area contributed by atoms with Gasteiger partial charge in [0.1, 0.15) is 0 Å². The first kappa shape index (κ1) is 11.5. The zero-order valence-corrected chi connectivity index (χ0v) is 9.31. The summed E-state index contributed by atoms with van der Waals surface area (Å²) in [5.41, 5.74) is 0. The second-order valence-electron chi connectivity index (χ2n) is 4.14. The molecule has 0 aromatic carbocycles. The highest BCUT2D eigenvalue weighted by molar-refractivity contribution is 5.78. The molecule has 1 heterocycles. The van der Waals surface area contributed by atoms with Crippen LogP contribution < -0.4 is 10.6 Å². The Kier molecular flexibility index (Phi) is 4.94. The molecule has 1 amide bonds. The van der Waals surface area contributed by atoms with Gasteiger partial charge < -0.3 is 10.6 Å². The minimum atomic E-state index is 0.208. The molecule has 3 nitrogen and oxygen atoms in total. The molecular weight excluding hydrogens is 176 g/mol. The predicted molar refractivity (Wildman–Crippen MR) is 58.1 cm³/mol. The van der Waals surface area contributed by atoms with Crippen LogP contribution in [-0.4, -0.2) is 25.0 Å². The fourth-order valence-electron chi connectivity index (χ4n) is 1.87. The van der Waals surface area contributed by atoms with E-state index in [0.717, 1.165) is 25.4 Å². The van der Waals surface area contributed by atoms with Gasteiger partial charge >= 0.3 is 0 Å². The van der Waals surface area contributed by atoms with Gasteiger partial charge in [0, 0.05) is 19.0 Å². The first-order valence-electron chi connectivity index (χ1n) is 5.76. The number of carbonyl (C=O) groups excluding carboxylic acids is 1. The number of hydrogen-bond acceptors (Lipinski definition) is 2. The molecule has 14 heavy (non-hydrogen) atoms. The van der Waals surface area contributed by atoms with E-state index in [2.05, 4.69) is 24.5 Å². The van der Waals surface area contributed by atoms with E-state index in [1.165, 1.54) is 12.8 Å². The number of nitrogens with one attached hydrogen (secondary N) is 2. The lowest BCUT2D eigenvalue weighted by Crippen LogP contribution is -2.37. The second-order valence-corrected chi connectivity index (χ2v) is 4.14. The number of hydrogen-bond donors (Lipinski definition) is 2. The Labute approximate surface area is 86.6 Å². The van der Waals surface area contributed by atoms with Gasteiger partial charge in [0.15, 0.2) is 0 Å². The topological polar surface area (TPSA) is 41.1 Å². The maximum atomic E-state index is 10.9. The Morgan fingerprint density at radius 3 is 2.71 bits per heavy atom. The summed E-state index contributed by atoms with van der Waals surface area (Å²) in [4.78, 5) is 10.9. The van der Waals surface area contributed by atoms with Crippen LogP contribution in [0.4, 0.5) is 0 Å². The van der Waals surface area contributed by atoms with Crippen molar-refractivity contribution in [2.45, 2.75) is 45.6 Å². The molecule has 0 aliphatic carbocycles. The van der Waals surface area contributed by atoms with E-state index in [1.807, 2.05) is 0 Å². The van der Waals surface area contributed by atoms with Gasteiger partial charge in [-0.25, -0.2) is 0 Å². The quantitative estimate of drug-likeness (QED) is 0.675. The molecule has 0 aromatic rings. The Hall–Kier alpha value is -0.570. The molecule has 1 rings (SSSR count). The van der Waals surface area contributed by atoms with Gasteiger partial charge in [0.2, 0.25) is 5.91 Å². The van der Waals surface area contributed by atoms with Crippen molar-refractivity contribution in [3.05, 3.63) is 0 Å². The van der Waals surface area contributed by atoms with Crippen molar-refractivity contribution in [1.82, 2.24) is 10.6 Å². The molecule has 0 bridgehead atoms. The van der Waals surface area contributed by atoms with Crippen molar-refractivity contribution in [1.29, 1.82) is 0 Å². The van der Waals surface area contributed by atoms with Gasteiger partial charge in [-0.2, -0.15) is 0 Å². The molecular formula is C11H22N2O. The number of amides is 1. The molecule has 0 saturated carbocycles. The van der Waals surface area contributed by atoms with Crippen LogP contribution in [0, 0.1) is 5.92 Å². The van der Waals surface area contributed by atoms with E-state index in [1.54, 1.807) is 0 Å². The van der Waals surface area contributed by atoms with Crippen LogP contribution in [-0.2, 0) is 4.79 Å². The summed E-state index contributed by atoms with van der Waals surface area (Å²) in [6.07, 6.45) is 4.17. The summed E-state index contributed by atoms with van der Waals surface area (Å²) in [5.74, 6) is 0.992. The van der Waals surface area contributed by atoms with Crippen molar-refractivity contribution in [2.24, 2.45) is 5.92 Å². The van der Waals surface area contributed by atoms with Gasteiger partial charge in [0.25, 0.3) is 0 Å². The molecule has 82 valence electrons. The molecule has 1 saturated heterocycles. The SMILES string of the molecule is CCC(CC)CNCC1CCC(=O)N1. The van der Waals surface area contributed by atoms with E-state index in [0.29, 0.717) is 12.5 Å². The van der Waals surface area contributed by atoms with Gasteiger partial charge in [-0.15, -0.1) is 0 Å². The van der Waals surface area contributed by atoms with Crippen LogP contribution in [0.5, 0.6) is 0 Å². The molecule has 2 N–H and O–H groups in total. The van der Waals surface area contributed by atoms with Crippen molar-refractivity contribution < 1.29 is 4.79 Å². The van der Waals surface area contributed by atoms with Crippen molar-refractivity contribution >= 4 is 5.91 Å². The smallest absolute Gasteiger partial charge is 0.220 e. The monoisotopic (exact) mass is 198 g/mol. The predicted octanol–water partition coefficient (Wildman–Crippen LogP) is 1.29. The molecule has 1 aliphatic rings. The molecule has 0 radical (unpaired) electrons. The van der Waals surface area contributed by atoms with Crippen LogP contribution in [0.2, 0.25) is 0 Å². The molecule has 0 spiro atoms. The van der Waals surface area contributed by atoms with E-state index >= 15 is 0 Å². The highest BCUT2D eigenvalue weighted by atomic mass is 16.1.